The minimum absolute atomic E-state index is 0.126. The molecule has 2 atom stereocenters. The predicted molar refractivity (Wildman–Crippen MR) is 84.9 cm³/mol. The van der Waals surface area contributed by atoms with Gasteiger partial charge in [0.05, 0.1) is 22.5 Å². The van der Waals surface area contributed by atoms with E-state index < -0.39 is 0 Å². The zero-order chi connectivity index (χ0) is 14.7. The van der Waals surface area contributed by atoms with Gasteiger partial charge in [-0.15, -0.1) is 11.3 Å². The van der Waals surface area contributed by atoms with Crippen molar-refractivity contribution in [3.05, 3.63) is 20.8 Å². The van der Waals surface area contributed by atoms with Gasteiger partial charge in [0.15, 0.2) is 0 Å². The molecule has 1 aromatic rings. The van der Waals surface area contributed by atoms with Crippen LogP contribution in [0, 0.1) is 0 Å². The Morgan fingerprint density at radius 3 is 2.70 bits per heavy atom. The fourth-order valence-corrected chi connectivity index (χ4v) is 3.71. The Hall–Kier alpha value is -0.430. The van der Waals surface area contributed by atoms with Crippen LogP contribution in [0.2, 0.25) is 0 Å². The third kappa shape index (κ3) is 4.55. The van der Waals surface area contributed by atoms with E-state index in [9.17, 15) is 4.79 Å². The van der Waals surface area contributed by atoms with Crippen LogP contribution in [-0.4, -0.2) is 54.6 Å². The third-order valence-electron chi connectivity index (χ3n) is 3.25. The molecule has 0 bridgehead atoms. The molecule has 2 heterocycles. The number of rotatable bonds is 4. The molecule has 1 aromatic heterocycles. The maximum Gasteiger partial charge on any atom is 0.236 e. The first kappa shape index (κ1) is 15.9. The highest BCUT2D eigenvalue weighted by atomic mass is 79.9. The summed E-state index contributed by atoms with van der Waals surface area (Å²) in [5, 5.41) is 2.12. The number of halogens is 1. The van der Waals surface area contributed by atoms with Gasteiger partial charge in [0.25, 0.3) is 0 Å². The number of hydrogen-bond acceptors (Lipinski definition) is 4. The Balaban J connectivity index is 1.84. The summed E-state index contributed by atoms with van der Waals surface area (Å²) in [6.07, 6.45) is 0.252. The number of carbonyl (C=O) groups excluding carboxylic acids is 1. The van der Waals surface area contributed by atoms with E-state index in [-0.39, 0.29) is 18.1 Å². The molecule has 1 amide bonds. The molecule has 0 aromatic carbocycles. The zero-order valence-corrected chi connectivity index (χ0v) is 14.5. The molecule has 1 saturated heterocycles. The Morgan fingerprint density at radius 2 is 2.15 bits per heavy atom. The molecule has 0 aliphatic carbocycles. The number of amides is 1. The van der Waals surface area contributed by atoms with Gasteiger partial charge in [0.1, 0.15) is 0 Å². The molecule has 0 saturated carbocycles. The molecule has 0 N–H and O–H groups in total. The summed E-state index contributed by atoms with van der Waals surface area (Å²) in [5.41, 5.74) is 1.24. The van der Waals surface area contributed by atoms with E-state index >= 15 is 0 Å². The summed E-state index contributed by atoms with van der Waals surface area (Å²) in [4.78, 5) is 16.3. The van der Waals surface area contributed by atoms with Gasteiger partial charge in [-0.25, -0.2) is 0 Å². The van der Waals surface area contributed by atoms with Crippen LogP contribution in [0.5, 0.6) is 0 Å². The second-order valence-corrected chi connectivity index (χ2v) is 7.78. The van der Waals surface area contributed by atoms with Crippen molar-refractivity contribution in [2.45, 2.75) is 32.6 Å². The van der Waals surface area contributed by atoms with Crippen molar-refractivity contribution in [2.75, 3.05) is 26.7 Å². The Kier molecular flexibility index (Phi) is 5.60. The monoisotopic (exact) mass is 360 g/mol. The number of ether oxygens (including phenoxy) is 1. The highest BCUT2D eigenvalue weighted by Crippen LogP contribution is 2.21. The predicted octanol–water partition coefficient (Wildman–Crippen LogP) is 2.58. The maximum absolute atomic E-state index is 12.3. The molecule has 0 radical (unpaired) electrons. The fourth-order valence-electron chi connectivity index (χ4n) is 2.51. The molecule has 2 unspecified atom stereocenters. The molecule has 1 aliphatic rings. The van der Waals surface area contributed by atoms with Gasteiger partial charge in [-0.3, -0.25) is 9.69 Å². The summed E-state index contributed by atoms with van der Waals surface area (Å²) in [6, 6.07) is 2.10. The Morgan fingerprint density at radius 1 is 1.50 bits per heavy atom. The zero-order valence-electron chi connectivity index (χ0n) is 12.1. The van der Waals surface area contributed by atoms with Gasteiger partial charge in [-0.1, -0.05) is 0 Å². The van der Waals surface area contributed by atoms with Crippen LogP contribution >= 0.6 is 27.3 Å². The SMILES string of the molecule is CC1CN(C(=O)CN(C)Cc2csc(Br)c2)CC(C)O1. The lowest BCUT2D eigenvalue weighted by atomic mass is 10.2. The quantitative estimate of drug-likeness (QED) is 0.827. The first-order chi connectivity index (χ1) is 9.44. The lowest BCUT2D eigenvalue weighted by Gasteiger charge is -2.36. The second kappa shape index (κ2) is 7.02. The largest absolute Gasteiger partial charge is 0.372 e. The number of likely N-dealkylation sites (N-methyl/N-ethyl adjacent to an activating group) is 1. The van der Waals surface area contributed by atoms with Crippen LogP contribution < -0.4 is 0 Å². The standard InChI is InChI=1S/C14H21BrN2O2S/c1-10-5-17(6-11(2)19-10)14(18)8-16(3)7-12-4-13(15)20-9-12/h4,9-11H,5-8H2,1-3H3. The minimum Gasteiger partial charge on any atom is -0.372 e. The van der Waals surface area contributed by atoms with E-state index in [0.717, 1.165) is 10.3 Å². The normalized spacial score (nSPS) is 23.4. The van der Waals surface area contributed by atoms with Gasteiger partial charge in [-0.05, 0) is 53.8 Å². The minimum atomic E-state index is 0.126. The summed E-state index contributed by atoms with van der Waals surface area (Å²) in [7, 11) is 1.98. The molecular formula is C14H21BrN2O2S. The number of thiophene rings is 1. The van der Waals surface area contributed by atoms with Crippen molar-refractivity contribution < 1.29 is 9.53 Å². The molecule has 0 spiro atoms. The molecule has 1 aliphatic heterocycles. The van der Waals surface area contributed by atoms with Gasteiger partial charge < -0.3 is 9.64 Å². The van der Waals surface area contributed by atoms with Crippen molar-refractivity contribution in [3.63, 3.8) is 0 Å². The number of morpholine rings is 1. The van der Waals surface area contributed by atoms with Gasteiger partial charge in [-0.2, -0.15) is 0 Å². The topological polar surface area (TPSA) is 32.8 Å². The van der Waals surface area contributed by atoms with Gasteiger partial charge in [0, 0.05) is 19.6 Å². The molecule has 6 heteroatoms. The van der Waals surface area contributed by atoms with E-state index in [4.69, 9.17) is 4.74 Å². The lowest BCUT2D eigenvalue weighted by molar-refractivity contribution is -0.144. The van der Waals surface area contributed by atoms with Crippen LogP contribution in [0.4, 0.5) is 0 Å². The van der Waals surface area contributed by atoms with Crippen LogP contribution in [0.1, 0.15) is 19.4 Å². The average molecular weight is 361 g/mol. The summed E-state index contributed by atoms with van der Waals surface area (Å²) >= 11 is 5.13. The first-order valence-corrected chi connectivity index (χ1v) is 8.46. The van der Waals surface area contributed by atoms with E-state index in [1.807, 2.05) is 25.8 Å². The van der Waals surface area contributed by atoms with Crippen LogP contribution in [0.15, 0.2) is 15.2 Å². The Bertz CT molecular complexity index is 456. The van der Waals surface area contributed by atoms with E-state index in [1.54, 1.807) is 11.3 Å². The maximum atomic E-state index is 12.3. The fraction of sp³-hybridized carbons (Fsp3) is 0.643. The first-order valence-electron chi connectivity index (χ1n) is 6.78. The number of nitrogens with zero attached hydrogens (tertiary/aromatic N) is 2. The van der Waals surface area contributed by atoms with Gasteiger partial charge in [0.2, 0.25) is 5.91 Å². The molecular weight excluding hydrogens is 340 g/mol. The van der Waals surface area contributed by atoms with Gasteiger partial charge >= 0.3 is 0 Å². The van der Waals surface area contributed by atoms with E-state index in [2.05, 4.69) is 32.3 Å². The highest BCUT2D eigenvalue weighted by molar-refractivity contribution is 9.11. The second-order valence-electron chi connectivity index (χ2n) is 5.49. The van der Waals surface area contributed by atoms with E-state index in [0.29, 0.717) is 19.6 Å². The van der Waals surface area contributed by atoms with Crippen LogP contribution in [-0.2, 0) is 16.1 Å². The van der Waals surface area contributed by atoms with E-state index in [1.165, 1.54) is 5.56 Å². The van der Waals surface area contributed by atoms with Crippen molar-refractivity contribution in [3.8, 4) is 0 Å². The lowest BCUT2D eigenvalue weighted by Crippen LogP contribution is -2.50. The van der Waals surface area contributed by atoms with Crippen molar-refractivity contribution in [1.82, 2.24) is 9.80 Å². The van der Waals surface area contributed by atoms with Crippen molar-refractivity contribution >= 4 is 33.2 Å². The molecule has 1 fully saturated rings. The highest BCUT2D eigenvalue weighted by Gasteiger charge is 2.26. The van der Waals surface area contributed by atoms with Crippen molar-refractivity contribution in [1.29, 1.82) is 0 Å². The molecule has 4 nitrogen and oxygen atoms in total. The van der Waals surface area contributed by atoms with Crippen LogP contribution in [0.25, 0.3) is 0 Å². The Labute approximate surface area is 132 Å². The summed E-state index contributed by atoms with van der Waals surface area (Å²) in [5.74, 6) is 0.184. The van der Waals surface area contributed by atoms with Crippen molar-refractivity contribution in [2.24, 2.45) is 0 Å². The summed E-state index contributed by atoms with van der Waals surface area (Å²) in [6.45, 7) is 6.67. The third-order valence-corrected chi connectivity index (χ3v) is 4.81. The molecule has 112 valence electrons. The average Bonchev–Trinajstić information content (AvgIpc) is 2.73. The number of carbonyl (C=O) groups is 1. The number of hydrogen-bond donors (Lipinski definition) is 0. The van der Waals surface area contributed by atoms with Crippen LogP contribution in [0.3, 0.4) is 0 Å². The summed E-state index contributed by atoms with van der Waals surface area (Å²) < 4.78 is 6.79. The molecule has 2 rings (SSSR count). The smallest absolute Gasteiger partial charge is 0.236 e. The molecule has 20 heavy (non-hydrogen) atoms.